The highest BCUT2D eigenvalue weighted by molar-refractivity contribution is 7.89. The molecule has 0 radical (unpaired) electrons. The van der Waals surface area contributed by atoms with Gasteiger partial charge in [0.05, 0.1) is 25.2 Å². The van der Waals surface area contributed by atoms with Crippen molar-refractivity contribution < 1.29 is 22.7 Å². The molecule has 2 heterocycles. The van der Waals surface area contributed by atoms with Crippen LogP contribution in [0.15, 0.2) is 41.3 Å². The van der Waals surface area contributed by atoms with Gasteiger partial charge in [-0.3, -0.25) is 4.79 Å². The number of carbonyl (C=O) groups is 1. The summed E-state index contributed by atoms with van der Waals surface area (Å²) >= 11 is 0. The number of benzene rings is 2. The number of sulfonamides is 1. The fourth-order valence-electron chi connectivity index (χ4n) is 4.85. The van der Waals surface area contributed by atoms with Gasteiger partial charge in [0.25, 0.3) is 5.91 Å². The second-order valence-electron chi connectivity index (χ2n) is 8.71. The van der Waals surface area contributed by atoms with Gasteiger partial charge in [0, 0.05) is 30.8 Å². The molecule has 2 aliphatic heterocycles. The normalized spacial score (nSPS) is 19.5. The Morgan fingerprint density at radius 3 is 2.39 bits per heavy atom. The van der Waals surface area contributed by atoms with E-state index in [9.17, 15) is 13.2 Å². The zero-order valence-electron chi connectivity index (χ0n) is 19.5. The van der Waals surface area contributed by atoms with Crippen LogP contribution >= 0.6 is 0 Å². The van der Waals surface area contributed by atoms with Crippen molar-refractivity contribution >= 4 is 15.9 Å². The third-order valence-electron chi connectivity index (χ3n) is 6.68. The Morgan fingerprint density at radius 2 is 1.70 bits per heavy atom. The van der Waals surface area contributed by atoms with Crippen LogP contribution in [0.3, 0.4) is 0 Å². The van der Waals surface area contributed by atoms with Crippen molar-refractivity contribution in [3.63, 3.8) is 0 Å². The van der Waals surface area contributed by atoms with E-state index in [4.69, 9.17) is 9.47 Å². The van der Waals surface area contributed by atoms with E-state index in [2.05, 4.69) is 0 Å². The van der Waals surface area contributed by atoms with Gasteiger partial charge in [-0.1, -0.05) is 12.5 Å². The van der Waals surface area contributed by atoms with Gasteiger partial charge in [-0.2, -0.15) is 4.31 Å². The monoisotopic (exact) mass is 472 g/mol. The molecule has 2 fully saturated rings. The topological polar surface area (TPSA) is 76.1 Å². The van der Waals surface area contributed by atoms with Crippen molar-refractivity contribution in [2.75, 3.05) is 33.9 Å². The van der Waals surface area contributed by atoms with Crippen molar-refractivity contribution in [2.45, 2.75) is 50.0 Å². The third kappa shape index (κ3) is 4.59. The summed E-state index contributed by atoms with van der Waals surface area (Å²) in [6.45, 7) is 3.45. The fourth-order valence-corrected chi connectivity index (χ4v) is 6.62. The lowest BCUT2D eigenvalue weighted by molar-refractivity contribution is 0.0733. The van der Waals surface area contributed by atoms with Crippen LogP contribution in [-0.4, -0.2) is 57.4 Å². The number of likely N-dealkylation sites (tertiary alicyclic amines) is 1. The Hall–Kier alpha value is -2.58. The molecule has 4 rings (SSSR count). The Balaban J connectivity index is 1.66. The Bertz CT molecular complexity index is 1130. The SMILES string of the molecule is COc1ccc(OC)c(C2CCCN2C(=O)c2ccc(C)c(S(=O)(=O)N3CCCCC3)c2)c1. The van der Waals surface area contributed by atoms with Crippen LogP contribution in [0, 0.1) is 6.92 Å². The highest BCUT2D eigenvalue weighted by Gasteiger charge is 2.34. The zero-order valence-corrected chi connectivity index (χ0v) is 20.4. The molecule has 0 aliphatic carbocycles. The predicted octanol–water partition coefficient (Wildman–Crippen LogP) is 4.16. The Morgan fingerprint density at radius 1 is 0.939 bits per heavy atom. The molecule has 0 spiro atoms. The van der Waals surface area contributed by atoms with E-state index in [1.807, 2.05) is 23.1 Å². The summed E-state index contributed by atoms with van der Waals surface area (Å²) < 4.78 is 39.1. The van der Waals surface area contributed by atoms with Crippen LogP contribution in [0.1, 0.15) is 59.6 Å². The lowest BCUT2D eigenvalue weighted by Gasteiger charge is -2.28. The van der Waals surface area contributed by atoms with Crippen molar-refractivity contribution in [3.05, 3.63) is 53.1 Å². The van der Waals surface area contributed by atoms with Crippen molar-refractivity contribution in [1.29, 1.82) is 0 Å². The molecular formula is C25H32N2O5S. The lowest BCUT2D eigenvalue weighted by Crippen LogP contribution is -2.36. The molecular weight excluding hydrogens is 440 g/mol. The first-order valence-electron chi connectivity index (χ1n) is 11.5. The maximum Gasteiger partial charge on any atom is 0.254 e. The second kappa shape index (κ2) is 9.73. The molecule has 2 aromatic carbocycles. The number of piperidine rings is 1. The summed E-state index contributed by atoms with van der Waals surface area (Å²) in [5, 5.41) is 0. The predicted molar refractivity (Wildman–Crippen MR) is 126 cm³/mol. The average molecular weight is 473 g/mol. The third-order valence-corrected chi connectivity index (χ3v) is 8.72. The largest absolute Gasteiger partial charge is 0.497 e. The van der Waals surface area contributed by atoms with Crippen LogP contribution < -0.4 is 9.47 Å². The van der Waals surface area contributed by atoms with Crippen LogP contribution in [-0.2, 0) is 10.0 Å². The molecule has 2 aliphatic rings. The van der Waals surface area contributed by atoms with Gasteiger partial charge in [0.15, 0.2) is 0 Å². The smallest absolute Gasteiger partial charge is 0.254 e. The minimum absolute atomic E-state index is 0.161. The molecule has 2 saturated heterocycles. The molecule has 0 aromatic heterocycles. The Kier molecular flexibility index (Phi) is 6.95. The van der Waals surface area contributed by atoms with Crippen LogP contribution in [0.5, 0.6) is 11.5 Å². The Labute approximate surface area is 196 Å². The number of rotatable bonds is 6. The summed E-state index contributed by atoms with van der Waals surface area (Å²) in [6, 6.07) is 10.5. The number of amides is 1. The number of aryl methyl sites for hydroxylation is 1. The van der Waals surface area contributed by atoms with Gasteiger partial charge >= 0.3 is 0 Å². The van der Waals surface area contributed by atoms with E-state index >= 15 is 0 Å². The van der Waals surface area contributed by atoms with E-state index in [-0.39, 0.29) is 16.8 Å². The number of methoxy groups -OCH3 is 2. The van der Waals surface area contributed by atoms with E-state index in [1.165, 1.54) is 0 Å². The fraction of sp³-hybridized carbons (Fsp3) is 0.480. The molecule has 7 nitrogen and oxygen atoms in total. The molecule has 0 saturated carbocycles. The van der Waals surface area contributed by atoms with Crippen molar-refractivity contribution in [3.8, 4) is 11.5 Å². The first-order chi connectivity index (χ1) is 15.9. The van der Waals surface area contributed by atoms with E-state index in [1.54, 1.807) is 43.6 Å². The maximum absolute atomic E-state index is 13.6. The molecule has 0 bridgehead atoms. The summed E-state index contributed by atoms with van der Waals surface area (Å²) in [6.07, 6.45) is 4.46. The van der Waals surface area contributed by atoms with Crippen LogP contribution in [0.2, 0.25) is 0 Å². The summed E-state index contributed by atoms with van der Waals surface area (Å²) in [5.41, 5.74) is 1.95. The van der Waals surface area contributed by atoms with E-state index in [0.29, 0.717) is 42.3 Å². The summed E-state index contributed by atoms with van der Waals surface area (Å²) in [4.78, 5) is 15.6. The van der Waals surface area contributed by atoms with Gasteiger partial charge in [0.2, 0.25) is 10.0 Å². The van der Waals surface area contributed by atoms with E-state index < -0.39 is 10.0 Å². The molecule has 1 atom stereocenters. The molecule has 8 heteroatoms. The van der Waals surface area contributed by atoms with Gasteiger partial charge in [0.1, 0.15) is 11.5 Å². The van der Waals surface area contributed by atoms with E-state index in [0.717, 1.165) is 37.7 Å². The van der Waals surface area contributed by atoms with Gasteiger partial charge < -0.3 is 14.4 Å². The summed E-state index contributed by atoms with van der Waals surface area (Å²) in [5.74, 6) is 1.24. The first kappa shape index (κ1) is 23.6. The number of ether oxygens (including phenoxy) is 2. The molecule has 2 aromatic rings. The molecule has 178 valence electrons. The minimum atomic E-state index is -3.63. The van der Waals surface area contributed by atoms with Gasteiger partial charge in [-0.15, -0.1) is 0 Å². The number of hydrogen-bond acceptors (Lipinski definition) is 5. The highest BCUT2D eigenvalue weighted by atomic mass is 32.2. The van der Waals surface area contributed by atoms with Crippen molar-refractivity contribution in [1.82, 2.24) is 9.21 Å². The van der Waals surface area contributed by atoms with Gasteiger partial charge in [-0.05, 0) is 68.5 Å². The lowest BCUT2D eigenvalue weighted by atomic mass is 10.0. The number of hydrogen-bond donors (Lipinski definition) is 0. The van der Waals surface area contributed by atoms with Crippen LogP contribution in [0.25, 0.3) is 0 Å². The first-order valence-corrected chi connectivity index (χ1v) is 12.9. The standard InChI is InChI=1S/C25H32N2O5S/c1-18-9-10-19(16-24(18)33(29,30)26-13-5-4-6-14-26)25(28)27-15-7-8-22(27)21-17-20(31-2)11-12-23(21)32-3/h9-12,16-17,22H,4-8,13-15H2,1-3H3. The highest BCUT2D eigenvalue weighted by Crippen LogP contribution is 2.40. The zero-order chi connectivity index (χ0) is 23.6. The van der Waals surface area contributed by atoms with Gasteiger partial charge in [-0.25, -0.2) is 8.42 Å². The second-order valence-corrected chi connectivity index (χ2v) is 10.6. The molecule has 0 N–H and O–H groups in total. The van der Waals surface area contributed by atoms with Crippen molar-refractivity contribution in [2.24, 2.45) is 0 Å². The quantitative estimate of drug-likeness (QED) is 0.631. The number of nitrogens with zero attached hydrogens (tertiary/aromatic N) is 2. The molecule has 1 unspecified atom stereocenters. The van der Waals surface area contributed by atoms with Crippen LogP contribution in [0.4, 0.5) is 0 Å². The number of carbonyl (C=O) groups excluding carboxylic acids is 1. The molecule has 1 amide bonds. The minimum Gasteiger partial charge on any atom is -0.497 e. The molecule has 33 heavy (non-hydrogen) atoms. The maximum atomic E-state index is 13.6. The average Bonchev–Trinajstić information content (AvgIpc) is 3.33. The summed E-state index contributed by atoms with van der Waals surface area (Å²) in [7, 11) is -0.405.